The first-order chi connectivity index (χ1) is 7.08. The van der Waals surface area contributed by atoms with Gasteiger partial charge < -0.3 is 5.11 Å². The Morgan fingerprint density at radius 3 is 2.87 bits per heavy atom. The Labute approximate surface area is 88.7 Å². The smallest absolute Gasteiger partial charge is 0.320 e. The van der Waals surface area contributed by atoms with Crippen LogP contribution < -0.4 is 10.7 Å². The van der Waals surface area contributed by atoms with E-state index in [1.54, 1.807) is 6.07 Å². The Kier molecular flexibility index (Phi) is 2.24. The number of carboxylic acids is 1. The largest absolute Gasteiger partial charge is 0.480 e. The molecule has 76 valence electrons. The van der Waals surface area contributed by atoms with Crippen molar-refractivity contribution in [2.75, 3.05) is 0 Å². The van der Waals surface area contributed by atoms with Gasteiger partial charge in [0.05, 0.1) is 0 Å². The number of nitrogens with zero attached hydrogens (tertiary/aromatic N) is 2. The predicted molar refractivity (Wildman–Crippen MR) is 50.6 cm³/mol. The van der Waals surface area contributed by atoms with E-state index in [1.165, 1.54) is 12.1 Å². The summed E-state index contributed by atoms with van der Waals surface area (Å²) in [5, 5.41) is 9.45. The summed E-state index contributed by atoms with van der Waals surface area (Å²) in [6.45, 7) is 0. The lowest BCUT2D eigenvalue weighted by molar-refractivity contribution is -0.143. The summed E-state index contributed by atoms with van der Waals surface area (Å²) in [4.78, 5) is 29.3. The van der Waals surface area contributed by atoms with E-state index in [2.05, 4.69) is 9.98 Å². The molecule has 1 aromatic rings. The van der Waals surface area contributed by atoms with Crippen LogP contribution in [-0.2, 0) is 9.59 Å². The van der Waals surface area contributed by atoms with Crippen molar-refractivity contribution in [2.24, 2.45) is 10.9 Å². The third-order valence-corrected chi connectivity index (χ3v) is 2.18. The first kappa shape index (κ1) is 9.79. The van der Waals surface area contributed by atoms with Gasteiger partial charge in [0.2, 0.25) is 0 Å². The third kappa shape index (κ3) is 1.73. The average molecular weight is 225 g/mol. The monoisotopic (exact) mass is 224 g/mol. The second-order valence-electron chi connectivity index (χ2n) is 2.98. The maximum absolute atomic E-state index is 11.2. The lowest BCUT2D eigenvalue weighted by Crippen LogP contribution is -2.38. The van der Waals surface area contributed by atoms with Crippen LogP contribution in [0.3, 0.4) is 0 Å². The zero-order valence-electron chi connectivity index (χ0n) is 7.35. The van der Waals surface area contributed by atoms with Crippen LogP contribution in [-0.4, -0.2) is 22.0 Å². The molecule has 0 spiro atoms. The summed E-state index contributed by atoms with van der Waals surface area (Å²) in [6, 6.07) is 3.09. The molecule has 0 saturated carbocycles. The molecular weight excluding hydrogens is 220 g/mol. The predicted octanol–water partition coefficient (Wildman–Crippen LogP) is -0.624. The first-order valence-electron chi connectivity index (χ1n) is 4.08. The van der Waals surface area contributed by atoms with Crippen LogP contribution in [0.2, 0.25) is 5.15 Å². The van der Waals surface area contributed by atoms with Crippen molar-refractivity contribution in [3.8, 4) is 0 Å². The zero-order chi connectivity index (χ0) is 11.0. The van der Waals surface area contributed by atoms with Crippen LogP contribution in [0.4, 0.5) is 0 Å². The van der Waals surface area contributed by atoms with Gasteiger partial charge in [0, 0.05) is 5.22 Å². The van der Waals surface area contributed by atoms with Gasteiger partial charge >= 0.3 is 5.97 Å². The number of rotatable bonds is 1. The van der Waals surface area contributed by atoms with E-state index in [1.807, 2.05) is 0 Å². The molecule has 0 aliphatic carbocycles. The summed E-state index contributed by atoms with van der Waals surface area (Å²) in [6.07, 6.45) is 1.32. The Hall–Kier alpha value is -1.75. The lowest BCUT2D eigenvalue weighted by atomic mass is 10.1. The van der Waals surface area contributed by atoms with Crippen molar-refractivity contribution < 1.29 is 14.7 Å². The highest BCUT2D eigenvalue weighted by molar-refractivity contribution is 6.29. The number of hydrogen-bond acceptors (Lipinski definition) is 3. The number of halogens is 1. The average Bonchev–Trinajstić information content (AvgIpc) is 2.15. The van der Waals surface area contributed by atoms with Crippen LogP contribution in [0.5, 0.6) is 0 Å². The summed E-state index contributed by atoms with van der Waals surface area (Å²) in [5.74, 6) is -3.17. The van der Waals surface area contributed by atoms with E-state index in [-0.39, 0.29) is 10.6 Å². The Morgan fingerprint density at radius 2 is 2.20 bits per heavy atom. The highest BCUT2D eigenvalue weighted by Gasteiger charge is 2.25. The molecule has 1 atom stereocenters. The zero-order valence-corrected chi connectivity index (χ0v) is 8.10. The molecule has 0 radical (unpaired) electrons. The molecule has 15 heavy (non-hydrogen) atoms. The maximum Gasteiger partial charge on any atom is 0.320 e. The lowest BCUT2D eigenvalue weighted by Gasteiger charge is -2.05. The summed E-state index contributed by atoms with van der Waals surface area (Å²) in [5.41, 5.74) is 0.171. The van der Waals surface area contributed by atoms with E-state index >= 15 is 0 Å². The van der Waals surface area contributed by atoms with Crippen molar-refractivity contribution in [1.29, 1.82) is 0 Å². The molecule has 1 aliphatic rings. The van der Waals surface area contributed by atoms with E-state index < -0.39 is 17.8 Å². The highest BCUT2D eigenvalue weighted by Crippen LogP contribution is 2.04. The molecule has 1 aliphatic heterocycles. The molecule has 1 N–H and O–H groups in total. The molecule has 5 nitrogen and oxygen atoms in total. The van der Waals surface area contributed by atoms with Gasteiger partial charge in [0.1, 0.15) is 5.15 Å². The normalized spacial score (nSPS) is 18.7. The maximum atomic E-state index is 11.2. The SMILES string of the molecule is O=C(O)C1C=c2ccc(Cl)nc2=NC1=O. The molecule has 0 fully saturated rings. The van der Waals surface area contributed by atoms with Gasteiger partial charge in [-0.05, 0) is 18.2 Å². The fourth-order valence-electron chi connectivity index (χ4n) is 1.26. The number of carboxylic acid groups (broad SMARTS) is 1. The van der Waals surface area contributed by atoms with Gasteiger partial charge in [-0.15, -0.1) is 0 Å². The van der Waals surface area contributed by atoms with Gasteiger partial charge in [-0.2, -0.15) is 4.99 Å². The van der Waals surface area contributed by atoms with Crippen molar-refractivity contribution in [1.82, 2.24) is 4.98 Å². The molecule has 1 amide bonds. The standard InChI is InChI=1S/C9H5ClN2O3/c10-6-2-1-4-3-5(9(14)15)8(13)12-7(4)11-6/h1-3,5H,(H,14,15). The minimum Gasteiger partial charge on any atom is -0.480 e. The Morgan fingerprint density at radius 1 is 1.47 bits per heavy atom. The quantitative estimate of drug-likeness (QED) is 0.509. The van der Waals surface area contributed by atoms with Crippen molar-refractivity contribution >= 4 is 29.6 Å². The molecule has 0 saturated heterocycles. The fourth-order valence-corrected chi connectivity index (χ4v) is 1.40. The molecule has 6 heteroatoms. The van der Waals surface area contributed by atoms with Crippen LogP contribution in [0.25, 0.3) is 6.08 Å². The van der Waals surface area contributed by atoms with Crippen molar-refractivity contribution in [3.05, 3.63) is 28.0 Å². The number of amides is 1. The van der Waals surface area contributed by atoms with Gasteiger partial charge in [0.15, 0.2) is 11.4 Å². The number of pyridine rings is 1. The van der Waals surface area contributed by atoms with Crippen molar-refractivity contribution in [3.63, 3.8) is 0 Å². The van der Waals surface area contributed by atoms with Crippen LogP contribution in [0, 0.1) is 5.92 Å². The number of carbonyl (C=O) groups excluding carboxylic acids is 1. The number of hydrogen-bond donors (Lipinski definition) is 1. The van der Waals surface area contributed by atoms with E-state index in [0.29, 0.717) is 5.22 Å². The first-order valence-corrected chi connectivity index (χ1v) is 4.45. The van der Waals surface area contributed by atoms with Gasteiger partial charge in [0.25, 0.3) is 5.91 Å². The minimum atomic E-state index is -1.22. The van der Waals surface area contributed by atoms with E-state index in [0.717, 1.165) is 0 Å². The summed E-state index contributed by atoms with van der Waals surface area (Å²) >= 11 is 5.61. The second kappa shape index (κ2) is 3.43. The number of carbonyl (C=O) groups is 2. The van der Waals surface area contributed by atoms with Crippen LogP contribution in [0.15, 0.2) is 17.1 Å². The second-order valence-corrected chi connectivity index (χ2v) is 3.37. The van der Waals surface area contributed by atoms with E-state index in [4.69, 9.17) is 16.7 Å². The van der Waals surface area contributed by atoms with Crippen molar-refractivity contribution in [2.45, 2.75) is 0 Å². The molecule has 1 aromatic heterocycles. The van der Waals surface area contributed by atoms with Crippen LogP contribution in [0.1, 0.15) is 0 Å². The Balaban J connectivity index is 2.68. The van der Waals surface area contributed by atoms with E-state index in [9.17, 15) is 9.59 Å². The minimum absolute atomic E-state index is 0.171. The number of aliphatic carboxylic acids is 1. The topological polar surface area (TPSA) is 79.6 Å². The van der Waals surface area contributed by atoms with Gasteiger partial charge in [-0.1, -0.05) is 11.6 Å². The molecule has 2 rings (SSSR count). The number of fused-ring (bicyclic) bond motifs is 1. The molecule has 2 heterocycles. The molecule has 0 aromatic carbocycles. The number of aromatic nitrogens is 1. The highest BCUT2D eigenvalue weighted by atomic mass is 35.5. The molecule has 1 unspecified atom stereocenters. The molecule has 0 bridgehead atoms. The van der Waals surface area contributed by atoms with Crippen LogP contribution >= 0.6 is 11.6 Å². The summed E-state index contributed by atoms with van der Waals surface area (Å²) < 4.78 is 0. The van der Waals surface area contributed by atoms with Gasteiger partial charge in [-0.25, -0.2) is 4.98 Å². The third-order valence-electron chi connectivity index (χ3n) is 1.97. The Bertz CT molecular complexity index is 567. The fraction of sp³-hybridized carbons (Fsp3) is 0.111. The molecular formula is C9H5ClN2O3. The van der Waals surface area contributed by atoms with Gasteiger partial charge in [-0.3, -0.25) is 9.59 Å². The summed E-state index contributed by atoms with van der Waals surface area (Å²) in [7, 11) is 0.